The fraction of sp³-hybridized carbons (Fsp3) is 0.167. The van der Waals surface area contributed by atoms with E-state index in [1.807, 2.05) is 6.92 Å². The van der Waals surface area contributed by atoms with Gasteiger partial charge < -0.3 is 10.1 Å². The van der Waals surface area contributed by atoms with E-state index in [-0.39, 0.29) is 5.82 Å². The van der Waals surface area contributed by atoms with Gasteiger partial charge in [-0.05, 0) is 35.0 Å². The molecular weight excluding hydrogens is 301 g/mol. The Balaban J connectivity index is 2.33. The molecule has 1 heterocycles. The zero-order valence-electron chi connectivity index (χ0n) is 9.87. The molecule has 94 valence electrons. The number of benzene rings is 1. The summed E-state index contributed by atoms with van der Waals surface area (Å²) in [6, 6.07) is 5.90. The van der Waals surface area contributed by atoms with Crippen LogP contribution in [0.4, 0.5) is 10.3 Å². The number of anilines is 1. The van der Waals surface area contributed by atoms with Gasteiger partial charge in [-0.1, -0.05) is 0 Å². The van der Waals surface area contributed by atoms with Crippen molar-refractivity contribution >= 4 is 21.9 Å². The zero-order valence-corrected chi connectivity index (χ0v) is 11.5. The van der Waals surface area contributed by atoms with Crippen LogP contribution in [-0.2, 0) is 0 Å². The van der Waals surface area contributed by atoms with Gasteiger partial charge in [-0.2, -0.15) is 4.98 Å². The van der Waals surface area contributed by atoms with Gasteiger partial charge in [-0.25, -0.2) is 9.37 Å². The van der Waals surface area contributed by atoms with E-state index in [2.05, 4.69) is 31.2 Å². The number of hydrogen-bond donors (Lipinski definition) is 1. The highest BCUT2D eigenvalue weighted by atomic mass is 79.9. The minimum Gasteiger partial charge on any atom is -0.438 e. The molecule has 4 nitrogen and oxygen atoms in total. The standard InChI is InChI=1S/C12H11BrFN3O/c1-7-5-11(17-12(15-2)16-7)18-10-6-8(14)3-4-9(10)13/h3-6H,1-2H3,(H,15,16,17). The zero-order chi connectivity index (χ0) is 13.1. The first-order valence-electron chi connectivity index (χ1n) is 5.25. The first-order valence-corrected chi connectivity index (χ1v) is 6.04. The third-order valence-corrected chi connectivity index (χ3v) is 2.82. The predicted molar refractivity (Wildman–Crippen MR) is 70.5 cm³/mol. The van der Waals surface area contributed by atoms with Crippen LogP contribution < -0.4 is 10.1 Å². The second-order valence-corrected chi connectivity index (χ2v) is 4.45. The molecular formula is C12H11BrFN3O. The quantitative estimate of drug-likeness (QED) is 0.942. The van der Waals surface area contributed by atoms with Crippen LogP contribution >= 0.6 is 15.9 Å². The molecule has 0 spiro atoms. The minimum atomic E-state index is -0.368. The minimum absolute atomic E-state index is 0.359. The van der Waals surface area contributed by atoms with E-state index in [9.17, 15) is 4.39 Å². The van der Waals surface area contributed by atoms with Gasteiger partial charge in [0.05, 0.1) is 4.47 Å². The Morgan fingerprint density at radius 2 is 2.06 bits per heavy atom. The second-order valence-electron chi connectivity index (χ2n) is 3.60. The lowest BCUT2D eigenvalue weighted by Crippen LogP contribution is -2.00. The Kier molecular flexibility index (Phi) is 3.76. The van der Waals surface area contributed by atoms with Gasteiger partial charge >= 0.3 is 0 Å². The number of nitrogens with zero attached hydrogens (tertiary/aromatic N) is 2. The molecule has 0 aliphatic carbocycles. The summed E-state index contributed by atoms with van der Waals surface area (Å²) < 4.78 is 19.3. The Labute approximate surface area is 112 Å². The van der Waals surface area contributed by atoms with Crippen molar-refractivity contribution in [2.24, 2.45) is 0 Å². The van der Waals surface area contributed by atoms with E-state index < -0.39 is 0 Å². The van der Waals surface area contributed by atoms with E-state index in [4.69, 9.17) is 4.74 Å². The maximum absolute atomic E-state index is 13.1. The monoisotopic (exact) mass is 311 g/mol. The normalized spacial score (nSPS) is 10.2. The summed E-state index contributed by atoms with van der Waals surface area (Å²) in [5, 5.41) is 2.83. The number of nitrogens with one attached hydrogen (secondary N) is 1. The number of hydrogen-bond acceptors (Lipinski definition) is 4. The van der Waals surface area contributed by atoms with Crippen molar-refractivity contribution in [2.45, 2.75) is 6.92 Å². The maximum Gasteiger partial charge on any atom is 0.225 e. The Morgan fingerprint density at radius 1 is 1.28 bits per heavy atom. The van der Waals surface area contributed by atoms with Crippen molar-refractivity contribution in [3.63, 3.8) is 0 Å². The van der Waals surface area contributed by atoms with E-state index in [1.54, 1.807) is 19.2 Å². The van der Waals surface area contributed by atoms with Crippen LogP contribution in [0.2, 0.25) is 0 Å². The summed E-state index contributed by atoms with van der Waals surface area (Å²) in [4.78, 5) is 8.28. The van der Waals surface area contributed by atoms with E-state index in [1.165, 1.54) is 12.1 Å². The van der Waals surface area contributed by atoms with Gasteiger partial charge in [0, 0.05) is 24.9 Å². The average molecular weight is 312 g/mol. The highest BCUT2D eigenvalue weighted by Crippen LogP contribution is 2.29. The van der Waals surface area contributed by atoms with Gasteiger partial charge in [-0.15, -0.1) is 0 Å². The summed E-state index contributed by atoms with van der Waals surface area (Å²) in [7, 11) is 1.72. The molecule has 0 aliphatic rings. The molecule has 0 atom stereocenters. The number of halogens is 2. The van der Waals surface area contributed by atoms with Gasteiger partial charge in [0.1, 0.15) is 11.6 Å². The Hall–Kier alpha value is -1.69. The highest BCUT2D eigenvalue weighted by Gasteiger charge is 2.07. The molecule has 0 unspecified atom stereocenters. The third kappa shape index (κ3) is 2.95. The molecule has 0 amide bonds. The Bertz CT molecular complexity index is 577. The van der Waals surface area contributed by atoms with E-state index in [0.717, 1.165) is 5.69 Å². The summed E-state index contributed by atoms with van der Waals surface area (Å²) >= 11 is 3.29. The molecule has 1 aromatic carbocycles. The lowest BCUT2D eigenvalue weighted by atomic mass is 10.3. The van der Waals surface area contributed by atoms with Crippen molar-refractivity contribution in [1.82, 2.24) is 9.97 Å². The predicted octanol–water partition coefficient (Wildman–Crippen LogP) is 3.52. The first kappa shape index (κ1) is 12.8. The fourth-order valence-corrected chi connectivity index (χ4v) is 1.70. The van der Waals surface area contributed by atoms with E-state index in [0.29, 0.717) is 22.1 Å². The van der Waals surface area contributed by atoms with Gasteiger partial charge in [0.15, 0.2) is 0 Å². The molecule has 0 saturated heterocycles. The molecule has 0 bridgehead atoms. The molecule has 1 N–H and O–H groups in total. The molecule has 0 saturated carbocycles. The highest BCUT2D eigenvalue weighted by molar-refractivity contribution is 9.10. The number of aromatic nitrogens is 2. The fourth-order valence-electron chi connectivity index (χ4n) is 1.37. The van der Waals surface area contributed by atoms with Crippen LogP contribution in [0.3, 0.4) is 0 Å². The van der Waals surface area contributed by atoms with Crippen LogP contribution in [0.5, 0.6) is 11.6 Å². The second kappa shape index (κ2) is 5.30. The lowest BCUT2D eigenvalue weighted by molar-refractivity contribution is 0.454. The summed E-state index contributed by atoms with van der Waals surface area (Å²) in [5.74, 6) is 0.818. The summed E-state index contributed by atoms with van der Waals surface area (Å²) in [5.41, 5.74) is 0.761. The first-order chi connectivity index (χ1) is 8.58. The maximum atomic E-state index is 13.1. The topological polar surface area (TPSA) is 47.0 Å². The molecule has 18 heavy (non-hydrogen) atoms. The van der Waals surface area contributed by atoms with Crippen molar-refractivity contribution in [2.75, 3.05) is 12.4 Å². The van der Waals surface area contributed by atoms with Crippen molar-refractivity contribution in [3.8, 4) is 11.6 Å². The largest absolute Gasteiger partial charge is 0.438 e. The molecule has 2 rings (SSSR count). The van der Waals surface area contributed by atoms with Crippen molar-refractivity contribution in [3.05, 3.63) is 40.2 Å². The van der Waals surface area contributed by atoms with Crippen LogP contribution in [0.25, 0.3) is 0 Å². The summed E-state index contributed by atoms with van der Waals surface area (Å²) in [6.45, 7) is 1.83. The lowest BCUT2D eigenvalue weighted by Gasteiger charge is -2.08. The van der Waals surface area contributed by atoms with Gasteiger partial charge in [-0.3, -0.25) is 0 Å². The molecule has 2 aromatic rings. The summed E-state index contributed by atoms with van der Waals surface area (Å²) in [6.07, 6.45) is 0. The smallest absolute Gasteiger partial charge is 0.225 e. The average Bonchev–Trinajstić information content (AvgIpc) is 2.33. The SMILES string of the molecule is CNc1nc(C)cc(Oc2cc(F)ccc2Br)n1. The molecule has 0 aliphatic heterocycles. The van der Waals surface area contributed by atoms with E-state index >= 15 is 0 Å². The van der Waals surface area contributed by atoms with Crippen LogP contribution in [-0.4, -0.2) is 17.0 Å². The number of aryl methyl sites for hydroxylation is 1. The van der Waals surface area contributed by atoms with Crippen LogP contribution in [0.1, 0.15) is 5.69 Å². The van der Waals surface area contributed by atoms with Crippen LogP contribution in [0, 0.1) is 12.7 Å². The van der Waals surface area contributed by atoms with Gasteiger partial charge in [0.2, 0.25) is 11.8 Å². The molecule has 0 radical (unpaired) electrons. The third-order valence-electron chi connectivity index (χ3n) is 2.16. The molecule has 6 heteroatoms. The van der Waals surface area contributed by atoms with Crippen molar-refractivity contribution in [1.29, 1.82) is 0 Å². The number of ether oxygens (including phenoxy) is 1. The number of rotatable bonds is 3. The molecule has 0 fully saturated rings. The van der Waals surface area contributed by atoms with Gasteiger partial charge in [0.25, 0.3) is 0 Å². The van der Waals surface area contributed by atoms with Crippen molar-refractivity contribution < 1.29 is 9.13 Å². The Morgan fingerprint density at radius 3 is 2.78 bits per heavy atom. The van der Waals surface area contributed by atoms with Crippen LogP contribution in [0.15, 0.2) is 28.7 Å². The molecule has 1 aromatic heterocycles.